The lowest BCUT2D eigenvalue weighted by atomic mass is 10.0. The Morgan fingerprint density at radius 2 is 1.83 bits per heavy atom. The van der Waals surface area contributed by atoms with E-state index in [0.717, 1.165) is 11.1 Å². The summed E-state index contributed by atoms with van der Waals surface area (Å²) in [4.78, 5) is 13.1. The molecule has 2 aromatic carbocycles. The van der Waals surface area contributed by atoms with Crippen LogP contribution in [0.5, 0.6) is 5.75 Å². The van der Waals surface area contributed by atoms with E-state index in [1.165, 1.54) is 11.2 Å². The molecule has 6 nitrogen and oxygen atoms in total. The molecule has 30 heavy (non-hydrogen) atoms. The van der Waals surface area contributed by atoms with E-state index in [9.17, 15) is 13.2 Å². The van der Waals surface area contributed by atoms with Gasteiger partial charge in [0.1, 0.15) is 12.4 Å². The standard InChI is InChI=1S/C23H28N2O4S/c1-5-16-29-20-12-10-19(11-13-20)24-22(26)23(4)14-7-15-25(30(23,27)28)21-17(2)8-6-9-18(21)3/h5-6,8-13H,1,7,14-16H2,2-4H3,(H,24,26)/t23-/m0/s1. The quantitative estimate of drug-likeness (QED) is 0.700. The van der Waals surface area contributed by atoms with Crippen LogP contribution >= 0.6 is 0 Å². The molecule has 0 bridgehead atoms. The molecule has 7 heteroatoms. The Morgan fingerprint density at radius 1 is 1.20 bits per heavy atom. The van der Waals surface area contributed by atoms with E-state index in [4.69, 9.17) is 4.74 Å². The Kier molecular flexibility index (Phi) is 6.22. The second-order valence-corrected chi connectivity index (χ2v) is 10.0. The zero-order chi connectivity index (χ0) is 21.9. The molecular formula is C23H28N2O4S. The summed E-state index contributed by atoms with van der Waals surface area (Å²) in [6.07, 6.45) is 2.51. The van der Waals surface area contributed by atoms with Crippen LogP contribution in [0.25, 0.3) is 0 Å². The summed E-state index contributed by atoms with van der Waals surface area (Å²) < 4.78 is 32.4. The Morgan fingerprint density at radius 3 is 2.43 bits per heavy atom. The number of nitrogens with zero attached hydrogens (tertiary/aromatic N) is 1. The van der Waals surface area contributed by atoms with Crippen molar-refractivity contribution in [2.45, 2.75) is 38.4 Å². The predicted octanol–water partition coefficient (Wildman–Crippen LogP) is 4.20. The summed E-state index contributed by atoms with van der Waals surface area (Å²) in [6, 6.07) is 12.5. The van der Waals surface area contributed by atoms with E-state index < -0.39 is 20.7 Å². The highest BCUT2D eigenvalue weighted by molar-refractivity contribution is 7.95. The van der Waals surface area contributed by atoms with Gasteiger partial charge in [0, 0.05) is 12.2 Å². The van der Waals surface area contributed by atoms with Crippen molar-refractivity contribution in [2.24, 2.45) is 0 Å². The van der Waals surface area contributed by atoms with Gasteiger partial charge in [-0.2, -0.15) is 0 Å². The highest BCUT2D eigenvalue weighted by Crippen LogP contribution is 2.38. The fraction of sp³-hybridized carbons (Fsp3) is 0.348. The number of sulfonamides is 1. The Balaban J connectivity index is 1.87. The van der Waals surface area contributed by atoms with Gasteiger partial charge < -0.3 is 10.1 Å². The normalized spacial score (nSPS) is 20.4. The third kappa shape index (κ3) is 3.94. The zero-order valence-corrected chi connectivity index (χ0v) is 18.5. The summed E-state index contributed by atoms with van der Waals surface area (Å²) in [5, 5.41) is 2.77. The Bertz CT molecular complexity index is 1030. The number of aryl methyl sites for hydroxylation is 2. The number of ether oxygens (including phenoxy) is 1. The van der Waals surface area contributed by atoms with Crippen molar-refractivity contribution in [3.8, 4) is 5.75 Å². The van der Waals surface area contributed by atoms with Crippen LogP contribution in [0, 0.1) is 13.8 Å². The van der Waals surface area contributed by atoms with Crippen LogP contribution in [-0.2, 0) is 14.8 Å². The molecule has 3 rings (SSSR count). The molecule has 2 aromatic rings. The number of amides is 1. The van der Waals surface area contributed by atoms with Gasteiger partial charge in [0.15, 0.2) is 4.75 Å². The van der Waals surface area contributed by atoms with E-state index in [2.05, 4.69) is 11.9 Å². The molecule has 0 aromatic heterocycles. The van der Waals surface area contributed by atoms with Gasteiger partial charge in [-0.05, 0) is 69.0 Å². The molecule has 0 radical (unpaired) electrons. The molecule has 1 aliphatic heterocycles. The molecule has 0 unspecified atom stereocenters. The minimum atomic E-state index is -3.92. The maximum Gasteiger partial charge on any atom is 0.249 e. The second-order valence-electron chi connectivity index (χ2n) is 7.73. The lowest BCUT2D eigenvalue weighted by molar-refractivity contribution is -0.118. The fourth-order valence-corrected chi connectivity index (χ4v) is 5.84. The van der Waals surface area contributed by atoms with Crippen LogP contribution in [0.15, 0.2) is 55.1 Å². The predicted molar refractivity (Wildman–Crippen MR) is 121 cm³/mol. The summed E-state index contributed by atoms with van der Waals surface area (Å²) >= 11 is 0. The molecular weight excluding hydrogens is 400 g/mol. The first-order valence-electron chi connectivity index (χ1n) is 9.94. The number of anilines is 2. The lowest BCUT2D eigenvalue weighted by Crippen LogP contribution is -2.57. The molecule has 1 heterocycles. The Hall–Kier alpha value is -2.80. The number of hydrogen-bond acceptors (Lipinski definition) is 4. The average Bonchev–Trinajstić information content (AvgIpc) is 2.70. The number of nitrogens with one attached hydrogen (secondary N) is 1. The van der Waals surface area contributed by atoms with E-state index in [1.807, 2.05) is 32.0 Å². The van der Waals surface area contributed by atoms with Crippen LogP contribution in [0.2, 0.25) is 0 Å². The van der Waals surface area contributed by atoms with Gasteiger partial charge in [0.05, 0.1) is 5.69 Å². The molecule has 1 amide bonds. The third-order valence-electron chi connectivity index (χ3n) is 5.52. The van der Waals surface area contributed by atoms with Crippen LogP contribution in [0.1, 0.15) is 30.9 Å². The van der Waals surface area contributed by atoms with Crippen LogP contribution in [0.3, 0.4) is 0 Å². The van der Waals surface area contributed by atoms with Gasteiger partial charge in [-0.15, -0.1) is 0 Å². The minimum Gasteiger partial charge on any atom is -0.490 e. The smallest absolute Gasteiger partial charge is 0.249 e. The lowest BCUT2D eigenvalue weighted by Gasteiger charge is -2.40. The van der Waals surface area contributed by atoms with Crippen LogP contribution in [-0.4, -0.2) is 32.2 Å². The molecule has 1 N–H and O–H groups in total. The van der Waals surface area contributed by atoms with Gasteiger partial charge in [0.25, 0.3) is 0 Å². The number of para-hydroxylation sites is 1. The van der Waals surface area contributed by atoms with E-state index >= 15 is 0 Å². The number of carbonyl (C=O) groups is 1. The number of rotatable bonds is 6. The molecule has 0 aliphatic carbocycles. The number of carbonyl (C=O) groups excluding carboxylic acids is 1. The van der Waals surface area contributed by atoms with Crippen molar-refractivity contribution in [3.05, 3.63) is 66.2 Å². The Labute approximate surface area is 178 Å². The molecule has 0 saturated carbocycles. The monoisotopic (exact) mass is 428 g/mol. The first kappa shape index (κ1) is 21.9. The van der Waals surface area contributed by atoms with E-state index in [0.29, 0.717) is 36.7 Å². The topological polar surface area (TPSA) is 75.7 Å². The highest BCUT2D eigenvalue weighted by atomic mass is 32.2. The van der Waals surface area contributed by atoms with Gasteiger partial charge in [0.2, 0.25) is 15.9 Å². The molecule has 1 aliphatic rings. The van der Waals surface area contributed by atoms with Crippen molar-refractivity contribution in [1.29, 1.82) is 0 Å². The molecule has 0 spiro atoms. The fourth-order valence-electron chi connectivity index (χ4n) is 3.77. The molecule has 160 valence electrons. The summed E-state index contributed by atoms with van der Waals surface area (Å²) in [5.74, 6) is 0.115. The van der Waals surface area contributed by atoms with E-state index in [-0.39, 0.29) is 6.42 Å². The number of hydrogen-bond donors (Lipinski definition) is 1. The molecule has 1 fully saturated rings. The average molecular weight is 429 g/mol. The summed E-state index contributed by atoms with van der Waals surface area (Å²) in [7, 11) is -3.92. The summed E-state index contributed by atoms with van der Waals surface area (Å²) in [6.45, 7) is 9.64. The third-order valence-corrected chi connectivity index (χ3v) is 8.00. The van der Waals surface area contributed by atoms with Crippen LogP contribution in [0.4, 0.5) is 11.4 Å². The largest absolute Gasteiger partial charge is 0.490 e. The second kappa shape index (κ2) is 8.52. The first-order chi connectivity index (χ1) is 14.2. The summed E-state index contributed by atoms with van der Waals surface area (Å²) in [5.41, 5.74) is 2.93. The first-order valence-corrected chi connectivity index (χ1v) is 11.4. The van der Waals surface area contributed by atoms with Crippen molar-refractivity contribution in [3.63, 3.8) is 0 Å². The molecule has 1 saturated heterocycles. The van der Waals surface area contributed by atoms with Crippen molar-refractivity contribution in [1.82, 2.24) is 0 Å². The maximum absolute atomic E-state index is 13.6. The van der Waals surface area contributed by atoms with Crippen molar-refractivity contribution in [2.75, 3.05) is 22.8 Å². The van der Waals surface area contributed by atoms with Crippen molar-refractivity contribution >= 4 is 27.3 Å². The number of benzene rings is 2. The minimum absolute atomic E-state index is 0.267. The van der Waals surface area contributed by atoms with Gasteiger partial charge in [-0.25, -0.2) is 8.42 Å². The van der Waals surface area contributed by atoms with E-state index in [1.54, 1.807) is 30.3 Å². The van der Waals surface area contributed by atoms with Gasteiger partial charge >= 0.3 is 0 Å². The van der Waals surface area contributed by atoms with Crippen LogP contribution < -0.4 is 14.4 Å². The SMILES string of the molecule is C=CCOc1ccc(NC(=O)[C@]2(C)CCCN(c3c(C)cccc3C)S2(=O)=O)cc1. The zero-order valence-electron chi connectivity index (χ0n) is 17.6. The highest BCUT2D eigenvalue weighted by Gasteiger charge is 2.52. The molecule has 1 atom stereocenters. The van der Waals surface area contributed by atoms with Gasteiger partial charge in [-0.1, -0.05) is 30.9 Å². The van der Waals surface area contributed by atoms with Crippen molar-refractivity contribution < 1.29 is 17.9 Å². The maximum atomic E-state index is 13.6. The van der Waals surface area contributed by atoms with Gasteiger partial charge in [-0.3, -0.25) is 9.10 Å².